The van der Waals surface area contributed by atoms with Crippen molar-refractivity contribution in [3.8, 4) is 11.1 Å². The van der Waals surface area contributed by atoms with Gasteiger partial charge in [0.15, 0.2) is 0 Å². The largest absolute Gasteiger partial charge is 0.472 e. The maximum atomic E-state index is 13.2. The lowest BCUT2D eigenvalue weighted by molar-refractivity contribution is -0.122. The molecule has 2 amide bonds. The molecule has 1 aromatic carbocycles. The standard InChI is InChI=1S/C26H26N4O4S/c1-17-2-4-18(5-3-17)21-15-35-24-23(21)26(33)30(16-27-24)12-8-22(31)28-20-6-10-29(11-7-20)25(32)19-9-13-34-14-19/h2-5,9,13-16,20H,6-8,10-12H2,1H3,(H,28,31). The number of benzene rings is 1. The average Bonchev–Trinajstić information content (AvgIpc) is 3.55. The van der Waals surface area contributed by atoms with Gasteiger partial charge in [0.2, 0.25) is 5.91 Å². The van der Waals surface area contributed by atoms with E-state index in [0.717, 1.165) is 16.7 Å². The average molecular weight is 491 g/mol. The van der Waals surface area contributed by atoms with Gasteiger partial charge in [-0.05, 0) is 31.4 Å². The van der Waals surface area contributed by atoms with Crippen molar-refractivity contribution < 1.29 is 14.0 Å². The Morgan fingerprint density at radius 2 is 1.94 bits per heavy atom. The molecule has 4 aromatic rings. The van der Waals surface area contributed by atoms with Crippen molar-refractivity contribution in [2.24, 2.45) is 0 Å². The molecule has 35 heavy (non-hydrogen) atoms. The van der Waals surface area contributed by atoms with Gasteiger partial charge in [-0.2, -0.15) is 0 Å². The Balaban J connectivity index is 1.19. The summed E-state index contributed by atoms with van der Waals surface area (Å²) >= 11 is 1.45. The van der Waals surface area contributed by atoms with Crippen LogP contribution < -0.4 is 10.9 Å². The topological polar surface area (TPSA) is 97.4 Å². The van der Waals surface area contributed by atoms with Gasteiger partial charge in [0.25, 0.3) is 11.5 Å². The third kappa shape index (κ3) is 4.90. The van der Waals surface area contributed by atoms with Crippen LogP contribution in [0.4, 0.5) is 0 Å². The number of aromatic nitrogens is 2. The minimum atomic E-state index is -0.134. The van der Waals surface area contributed by atoms with E-state index >= 15 is 0 Å². The van der Waals surface area contributed by atoms with Crippen LogP contribution in [0.2, 0.25) is 0 Å². The number of hydrogen-bond acceptors (Lipinski definition) is 6. The van der Waals surface area contributed by atoms with E-state index in [1.807, 2.05) is 36.6 Å². The van der Waals surface area contributed by atoms with Gasteiger partial charge < -0.3 is 14.6 Å². The van der Waals surface area contributed by atoms with Crippen LogP contribution in [-0.4, -0.2) is 45.4 Å². The third-order valence-electron chi connectivity index (χ3n) is 6.42. The second kappa shape index (κ2) is 9.87. The van der Waals surface area contributed by atoms with Crippen LogP contribution >= 0.6 is 11.3 Å². The van der Waals surface area contributed by atoms with Crippen LogP contribution in [-0.2, 0) is 11.3 Å². The number of aryl methyl sites for hydroxylation is 2. The zero-order valence-corrected chi connectivity index (χ0v) is 20.2. The first-order valence-corrected chi connectivity index (χ1v) is 12.5. The lowest BCUT2D eigenvalue weighted by Gasteiger charge is -2.32. The van der Waals surface area contributed by atoms with Gasteiger partial charge in [-0.3, -0.25) is 19.0 Å². The molecule has 1 aliphatic heterocycles. The predicted molar refractivity (Wildman–Crippen MR) is 134 cm³/mol. The van der Waals surface area contributed by atoms with Gasteiger partial charge in [0.1, 0.15) is 11.1 Å². The molecular formula is C26H26N4O4S. The second-order valence-electron chi connectivity index (χ2n) is 8.83. The van der Waals surface area contributed by atoms with Crippen molar-refractivity contribution in [2.45, 2.75) is 38.8 Å². The maximum Gasteiger partial charge on any atom is 0.262 e. The highest BCUT2D eigenvalue weighted by Gasteiger charge is 2.25. The number of fused-ring (bicyclic) bond motifs is 1. The molecular weight excluding hydrogens is 464 g/mol. The van der Waals surface area contributed by atoms with Gasteiger partial charge in [-0.25, -0.2) is 4.98 Å². The Bertz CT molecular complexity index is 1400. The van der Waals surface area contributed by atoms with Crippen molar-refractivity contribution in [1.82, 2.24) is 19.8 Å². The second-order valence-corrected chi connectivity index (χ2v) is 9.69. The molecule has 1 saturated heterocycles. The normalized spacial score (nSPS) is 14.4. The SMILES string of the molecule is Cc1ccc(-c2csc3ncn(CCC(=O)NC4CCN(C(=O)c5ccoc5)CC4)c(=O)c23)cc1. The number of rotatable bonds is 6. The smallest absolute Gasteiger partial charge is 0.262 e. The van der Waals surface area contributed by atoms with Crippen molar-refractivity contribution in [2.75, 3.05) is 13.1 Å². The Morgan fingerprint density at radius 1 is 1.17 bits per heavy atom. The molecule has 5 rings (SSSR count). The molecule has 0 bridgehead atoms. The molecule has 0 unspecified atom stereocenters. The van der Waals surface area contributed by atoms with E-state index < -0.39 is 0 Å². The summed E-state index contributed by atoms with van der Waals surface area (Å²) in [6.45, 7) is 3.44. The van der Waals surface area contributed by atoms with E-state index in [1.54, 1.807) is 11.0 Å². The molecule has 1 fully saturated rings. The summed E-state index contributed by atoms with van der Waals surface area (Å²) in [5, 5.41) is 5.61. The first-order chi connectivity index (χ1) is 17.0. The molecule has 1 N–H and O–H groups in total. The fourth-order valence-electron chi connectivity index (χ4n) is 4.39. The number of piperidine rings is 1. The number of nitrogens with zero attached hydrogens (tertiary/aromatic N) is 3. The zero-order chi connectivity index (χ0) is 24.4. The third-order valence-corrected chi connectivity index (χ3v) is 7.30. The molecule has 0 atom stereocenters. The summed E-state index contributed by atoms with van der Waals surface area (Å²) in [4.78, 5) is 45.1. The maximum absolute atomic E-state index is 13.2. The van der Waals surface area contributed by atoms with Crippen LogP contribution in [0.1, 0.15) is 35.2 Å². The van der Waals surface area contributed by atoms with E-state index in [0.29, 0.717) is 41.7 Å². The van der Waals surface area contributed by atoms with Crippen LogP contribution in [0.3, 0.4) is 0 Å². The van der Waals surface area contributed by atoms with E-state index in [4.69, 9.17) is 4.42 Å². The summed E-state index contributed by atoms with van der Waals surface area (Å²) in [5.74, 6) is -0.162. The number of hydrogen-bond donors (Lipinski definition) is 1. The molecule has 3 aromatic heterocycles. The Morgan fingerprint density at radius 3 is 2.66 bits per heavy atom. The van der Waals surface area contributed by atoms with Crippen molar-refractivity contribution in [3.05, 3.63) is 76.0 Å². The first kappa shape index (κ1) is 23.0. The number of thiophene rings is 1. The number of amides is 2. The highest BCUT2D eigenvalue weighted by molar-refractivity contribution is 7.17. The van der Waals surface area contributed by atoms with E-state index in [1.165, 1.54) is 34.8 Å². The molecule has 4 heterocycles. The highest BCUT2D eigenvalue weighted by Crippen LogP contribution is 2.30. The summed E-state index contributed by atoms with van der Waals surface area (Å²) < 4.78 is 6.50. The lowest BCUT2D eigenvalue weighted by atomic mass is 10.0. The molecule has 9 heteroatoms. The monoisotopic (exact) mass is 490 g/mol. The van der Waals surface area contributed by atoms with Gasteiger partial charge in [-0.15, -0.1) is 11.3 Å². The van der Waals surface area contributed by atoms with Crippen molar-refractivity contribution in [3.63, 3.8) is 0 Å². The van der Waals surface area contributed by atoms with Crippen LogP contribution in [0, 0.1) is 6.92 Å². The fraction of sp³-hybridized carbons (Fsp3) is 0.308. The van der Waals surface area contributed by atoms with Crippen LogP contribution in [0.5, 0.6) is 0 Å². The Kier molecular flexibility index (Phi) is 6.50. The van der Waals surface area contributed by atoms with Crippen LogP contribution in [0.25, 0.3) is 21.3 Å². The van der Waals surface area contributed by atoms with Gasteiger partial charge in [0.05, 0.1) is 23.5 Å². The Hall–Kier alpha value is -3.72. The highest BCUT2D eigenvalue weighted by atomic mass is 32.1. The van der Waals surface area contributed by atoms with Gasteiger partial charge in [0, 0.05) is 43.0 Å². The minimum absolute atomic E-state index is 0.0123. The fourth-order valence-corrected chi connectivity index (χ4v) is 5.30. The molecule has 0 saturated carbocycles. The summed E-state index contributed by atoms with van der Waals surface area (Å²) in [6.07, 6.45) is 6.03. The van der Waals surface area contributed by atoms with Gasteiger partial charge in [-0.1, -0.05) is 29.8 Å². The molecule has 0 radical (unpaired) electrons. The van der Waals surface area contributed by atoms with Crippen molar-refractivity contribution >= 4 is 33.4 Å². The van der Waals surface area contributed by atoms with E-state index in [-0.39, 0.29) is 36.4 Å². The Labute approximate surface area is 206 Å². The molecule has 1 aliphatic rings. The number of carbonyl (C=O) groups excluding carboxylic acids is 2. The predicted octanol–water partition coefficient (Wildman–Crippen LogP) is 3.84. The molecule has 0 aliphatic carbocycles. The first-order valence-electron chi connectivity index (χ1n) is 11.6. The molecule has 0 spiro atoms. The number of carbonyl (C=O) groups is 2. The van der Waals surface area contributed by atoms with E-state index in [2.05, 4.69) is 10.3 Å². The summed E-state index contributed by atoms with van der Waals surface area (Å²) in [6, 6.07) is 9.73. The van der Waals surface area contributed by atoms with Gasteiger partial charge >= 0.3 is 0 Å². The zero-order valence-electron chi connectivity index (χ0n) is 19.4. The summed E-state index contributed by atoms with van der Waals surface area (Å²) in [5.41, 5.74) is 3.42. The number of likely N-dealkylation sites (tertiary alicyclic amines) is 1. The molecule has 8 nitrogen and oxygen atoms in total. The number of nitrogens with one attached hydrogen (secondary N) is 1. The lowest BCUT2D eigenvalue weighted by Crippen LogP contribution is -2.46. The molecule has 180 valence electrons. The van der Waals surface area contributed by atoms with Crippen molar-refractivity contribution in [1.29, 1.82) is 0 Å². The quantitative estimate of drug-likeness (QED) is 0.443. The number of furan rings is 1. The van der Waals surface area contributed by atoms with E-state index in [9.17, 15) is 14.4 Å². The minimum Gasteiger partial charge on any atom is -0.472 e. The van der Waals surface area contributed by atoms with Crippen LogP contribution in [0.15, 0.2) is 63.8 Å². The summed E-state index contributed by atoms with van der Waals surface area (Å²) in [7, 11) is 0.